The van der Waals surface area contributed by atoms with Gasteiger partial charge in [-0.1, -0.05) is 36.4 Å². The molecule has 0 aliphatic carbocycles. The van der Waals surface area contributed by atoms with Crippen LogP contribution in [0.25, 0.3) is 0 Å². The van der Waals surface area contributed by atoms with Gasteiger partial charge in [-0.05, 0) is 29.9 Å². The van der Waals surface area contributed by atoms with Gasteiger partial charge in [0.25, 0.3) is 5.91 Å². The number of urea groups is 1. The van der Waals surface area contributed by atoms with Crippen molar-refractivity contribution < 1.29 is 9.59 Å². The van der Waals surface area contributed by atoms with Crippen molar-refractivity contribution in [2.75, 3.05) is 13.2 Å². The maximum Gasteiger partial charge on any atom is 0.325 e. The molecule has 6 heteroatoms. The lowest BCUT2D eigenvalue weighted by Gasteiger charge is -2.27. The van der Waals surface area contributed by atoms with Crippen LogP contribution in [-0.2, 0) is 11.2 Å². The normalized spacial score (nSPS) is 24.1. The van der Waals surface area contributed by atoms with E-state index in [4.69, 9.17) is 0 Å². The van der Waals surface area contributed by atoms with Gasteiger partial charge in [0.2, 0.25) is 0 Å². The van der Waals surface area contributed by atoms with Gasteiger partial charge in [0.15, 0.2) is 0 Å². The third-order valence-corrected chi connectivity index (χ3v) is 5.92. The van der Waals surface area contributed by atoms with Gasteiger partial charge in [-0.3, -0.25) is 9.69 Å². The first-order chi connectivity index (χ1) is 12.2. The molecule has 130 valence electrons. The number of hydrogen-bond acceptors (Lipinski definition) is 4. The molecule has 3 amide bonds. The summed E-state index contributed by atoms with van der Waals surface area (Å²) < 4.78 is 0. The van der Waals surface area contributed by atoms with Gasteiger partial charge in [0.05, 0.1) is 6.67 Å². The number of thiophene rings is 1. The number of imide groups is 1. The Morgan fingerprint density at radius 1 is 1.12 bits per heavy atom. The number of hydrogen-bond donors (Lipinski definition) is 1. The molecular formula is C19H21N3O2S. The number of carbonyl (C=O) groups excluding carboxylic acids is 2. The first-order valence-electron chi connectivity index (χ1n) is 8.65. The molecule has 1 aromatic carbocycles. The van der Waals surface area contributed by atoms with E-state index in [1.54, 1.807) is 11.3 Å². The van der Waals surface area contributed by atoms with Gasteiger partial charge in [0, 0.05) is 23.9 Å². The van der Waals surface area contributed by atoms with Gasteiger partial charge < -0.3 is 5.32 Å². The number of nitrogens with zero attached hydrogens (tertiary/aromatic N) is 2. The highest BCUT2D eigenvalue weighted by Crippen LogP contribution is 2.34. The summed E-state index contributed by atoms with van der Waals surface area (Å²) in [5, 5.41) is 4.92. The Balaban J connectivity index is 1.44. The van der Waals surface area contributed by atoms with Crippen LogP contribution in [0.3, 0.4) is 0 Å². The van der Waals surface area contributed by atoms with Crippen LogP contribution >= 0.6 is 11.3 Å². The van der Waals surface area contributed by atoms with Crippen molar-refractivity contribution in [3.63, 3.8) is 0 Å². The smallest absolute Gasteiger partial charge is 0.325 e. The SMILES string of the molecule is O=C1N[C@@H](Cc2ccccc2)C(=O)N1CN1CCC[C@@H]1c1cccs1. The summed E-state index contributed by atoms with van der Waals surface area (Å²) in [4.78, 5) is 30.0. The number of benzene rings is 1. The summed E-state index contributed by atoms with van der Waals surface area (Å²) in [5.74, 6) is -0.120. The van der Waals surface area contributed by atoms with Crippen molar-refractivity contribution >= 4 is 23.3 Å². The van der Waals surface area contributed by atoms with Crippen LogP contribution in [0.4, 0.5) is 4.79 Å². The minimum Gasteiger partial charge on any atom is -0.325 e. The van der Waals surface area contributed by atoms with Crippen molar-refractivity contribution in [2.45, 2.75) is 31.3 Å². The van der Waals surface area contributed by atoms with Crippen molar-refractivity contribution in [1.82, 2.24) is 15.1 Å². The fourth-order valence-corrected chi connectivity index (χ4v) is 4.57. The quantitative estimate of drug-likeness (QED) is 0.839. The van der Waals surface area contributed by atoms with Gasteiger partial charge in [-0.25, -0.2) is 9.69 Å². The fourth-order valence-electron chi connectivity index (χ4n) is 3.68. The van der Waals surface area contributed by atoms with Crippen LogP contribution in [0.5, 0.6) is 0 Å². The molecule has 2 fully saturated rings. The average molecular weight is 355 g/mol. The first kappa shape index (κ1) is 16.3. The van der Waals surface area contributed by atoms with E-state index in [-0.39, 0.29) is 11.9 Å². The molecule has 0 spiro atoms. The number of nitrogens with one attached hydrogen (secondary N) is 1. The van der Waals surface area contributed by atoms with Gasteiger partial charge in [-0.2, -0.15) is 0 Å². The highest BCUT2D eigenvalue weighted by Gasteiger charge is 2.40. The number of amides is 3. The Morgan fingerprint density at radius 3 is 2.72 bits per heavy atom. The monoisotopic (exact) mass is 355 g/mol. The Kier molecular flexibility index (Phi) is 4.55. The highest BCUT2D eigenvalue weighted by molar-refractivity contribution is 7.10. The lowest BCUT2D eigenvalue weighted by molar-refractivity contribution is -0.129. The predicted octanol–water partition coefficient (Wildman–Crippen LogP) is 3.01. The molecule has 2 atom stereocenters. The fraction of sp³-hybridized carbons (Fsp3) is 0.368. The Labute approximate surface area is 151 Å². The van der Waals surface area contributed by atoms with Crippen LogP contribution in [0.1, 0.15) is 29.3 Å². The molecule has 3 heterocycles. The summed E-state index contributed by atoms with van der Waals surface area (Å²) in [6.45, 7) is 1.29. The Morgan fingerprint density at radius 2 is 1.96 bits per heavy atom. The standard InChI is InChI=1S/C19H21N3O2S/c23-18-15(12-14-6-2-1-3-7-14)20-19(24)22(18)13-21-10-4-8-16(21)17-9-5-11-25-17/h1-3,5-7,9,11,15-16H,4,8,10,12-13H2,(H,20,24)/t15-,16+/m0/s1. The second kappa shape index (κ2) is 6.98. The second-order valence-electron chi connectivity index (χ2n) is 6.59. The van der Waals surface area contributed by atoms with Crippen molar-refractivity contribution in [1.29, 1.82) is 0 Å². The van der Waals surface area contributed by atoms with Crippen molar-refractivity contribution in [2.24, 2.45) is 0 Å². The van der Waals surface area contributed by atoms with Crippen LogP contribution < -0.4 is 5.32 Å². The summed E-state index contributed by atoms with van der Waals surface area (Å²) in [6.07, 6.45) is 2.72. The first-order valence-corrected chi connectivity index (χ1v) is 9.53. The predicted molar refractivity (Wildman–Crippen MR) is 97.2 cm³/mol. The Hall–Kier alpha value is -2.18. The number of carbonyl (C=O) groups is 2. The molecule has 0 bridgehead atoms. The topological polar surface area (TPSA) is 52.7 Å². The molecule has 0 unspecified atom stereocenters. The van der Waals surface area contributed by atoms with Crippen LogP contribution in [0.15, 0.2) is 47.8 Å². The molecule has 2 aliphatic rings. The van der Waals surface area contributed by atoms with E-state index in [1.165, 1.54) is 9.78 Å². The van der Waals surface area contributed by atoms with E-state index in [9.17, 15) is 9.59 Å². The average Bonchev–Trinajstić information content (AvgIpc) is 3.34. The zero-order valence-electron chi connectivity index (χ0n) is 13.9. The zero-order valence-corrected chi connectivity index (χ0v) is 14.7. The van der Waals surface area contributed by atoms with E-state index in [0.717, 1.165) is 24.9 Å². The van der Waals surface area contributed by atoms with E-state index in [1.807, 2.05) is 30.3 Å². The van der Waals surface area contributed by atoms with Crippen molar-refractivity contribution in [3.05, 3.63) is 58.3 Å². The molecule has 25 heavy (non-hydrogen) atoms. The maximum absolute atomic E-state index is 12.7. The van der Waals surface area contributed by atoms with Gasteiger partial charge in [0.1, 0.15) is 6.04 Å². The molecule has 1 aromatic heterocycles. The van der Waals surface area contributed by atoms with Crippen molar-refractivity contribution in [3.8, 4) is 0 Å². The minimum atomic E-state index is -0.460. The molecular weight excluding hydrogens is 334 g/mol. The van der Waals surface area contributed by atoms with Gasteiger partial charge >= 0.3 is 6.03 Å². The largest absolute Gasteiger partial charge is 0.325 e. The second-order valence-corrected chi connectivity index (χ2v) is 7.56. The van der Waals surface area contributed by atoms with E-state index in [0.29, 0.717) is 19.1 Å². The van der Waals surface area contributed by atoms with Gasteiger partial charge in [-0.15, -0.1) is 11.3 Å². The maximum atomic E-state index is 12.7. The molecule has 2 aliphatic heterocycles. The number of rotatable bonds is 5. The summed E-state index contributed by atoms with van der Waals surface area (Å²) >= 11 is 1.74. The van der Waals surface area contributed by atoms with Crippen LogP contribution in [-0.4, -0.2) is 41.0 Å². The molecule has 0 radical (unpaired) electrons. The number of likely N-dealkylation sites (tertiary alicyclic amines) is 1. The molecule has 1 N–H and O–H groups in total. The lowest BCUT2D eigenvalue weighted by atomic mass is 10.1. The zero-order chi connectivity index (χ0) is 17.2. The lowest BCUT2D eigenvalue weighted by Crippen LogP contribution is -2.41. The summed E-state index contributed by atoms with van der Waals surface area (Å²) in [5.41, 5.74) is 1.06. The molecule has 4 rings (SSSR count). The van der Waals surface area contributed by atoms with Crippen LogP contribution in [0.2, 0.25) is 0 Å². The van der Waals surface area contributed by atoms with E-state index in [2.05, 4.69) is 27.7 Å². The Bertz CT molecular complexity index is 747. The minimum absolute atomic E-state index is 0.120. The molecule has 2 saturated heterocycles. The van der Waals surface area contributed by atoms with E-state index < -0.39 is 6.04 Å². The van der Waals surface area contributed by atoms with Crippen LogP contribution in [0, 0.1) is 0 Å². The third kappa shape index (κ3) is 3.32. The molecule has 5 nitrogen and oxygen atoms in total. The summed E-state index contributed by atoms with van der Waals surface area (Å²) in [6, 6.07) is 13.6. The highest BCUT2D eigenvalue weighted by atomic mass is 32.1. The van der Waals surface area contributed by atoms with E-state index >= 15 is 0 Å². The summed E-state index contributed by atoms with van der Waals surface area (Å²) in [7, 11) is 0. The third-order valence-electron chi connectivity index (χ3n) is 4.95. The molecule has 0 saturated carbocycles. The molecule has 2 aromatic rings.